The Hall–Kier alpha value is -2.27. The van der Waals surface area contributed by atoms with Crippen LogP contribution in [0.3, 0.4) is 0 Å². The van der Waals surface area contributed by atoms with E-state index in [0.717, 1.165) is 31.6 Å². The first-order valence-corrected chi connectivity index (χ1v) is 7.82. The molecule has 0 fully saturated rings. The van der Waals surface area contributed by atoms with Crippen LogP contribution in [0, 0.1) is 6.92 Å². The topological polar surface area (TPSA) is 51.1 Å². The Morgan fingerprint density at radius 3 is 2.91 bits per heavy atom. The van der Waals surface area contributed by atoms with Crippen LogP contribution in [0.4, 0.5) is 0 Å². The first-order chi connectivity index (χ1) is 11.2. The molecule has 23 heavy (non-hydrogen) atoms. The average Bonchev–Trinajstić information content (AvgIpc) is 2.53. The number of hydrogen-bond acceptors (Lipinski definition) is 5. The Bertz CT molecular complexity index is 603. The molecule has 2 aromatic heterocycles. The lowest BCUT2D eigenvalue weighted by atomic mass is 10.1. The molecule has 0 unspecified atom stereocenters. The van der Waals surface area contributed by atoms with Gasteiger partial charge in [-0.25, -0.2) is 9.97 Å². The number of likely N-dealkylation sites (N-methyl/N-ethyl adjacent to an activating group) is 1. The maximum atomic E-state index is 5.98. The summed E-state index contributed by atoms with van der Waals surface area (Å²) in [6.45, 7) is 7.35. The van der Waals surface area contributed by atoms with Crippen LogP contribution >= 0.6 is 0 Å². The molecule has 5 nitrogen and oxygen atoms in total. The molecule has 2 rings (SSSR count). The van der Waals surface area contributed by atoms with Crippen LogP contribution in [0.2, 0.25) is 0 Å². The summed E-state index contributed by atoms with van der Waals surface area (Å²) in [6, 6.07) is 6.33. The number of hydrogen-bond donors (Lipinski definition) is 0. The highest BCUT2D eigenvalue weighted by Crippen LogP contribution is 2.11. The Labute approximate surface area is 138 Å². The quantitative estimate of drug-likeness (QED) is 0.666. The van der Waals surface area contributed by atoms with E-state index < -0.39 is 0 Å². The lowest BCUT2D eigenvalue weighted by Gasteiger charge is -2.24. The molecule has 2 heterocycles. The number of allylic oxidation sites excluding steroid dienone is 1. The molecule has 0 aromatic carbocycles. The van der Waals surface area contributed by atoms with Crippen LogP contribution in [-0.2, 0) is 6.54 Å². The second-order valence-electron chi connectivity index (χ2n) is 5.64. The minimum atomic E-state index is 0.0245. The van der Waals surface area contributed by atoms with E-state index in [1.165, 1.54) is 5.56 Å². The highest BCUT2D eigenvalue weighted by atomic mass is 16.5. The van der Waals surface area contributed by atoms with Gasteiger partial charge in [0.05, 0.1) is 0 Å². The molecule has 0 amide bonds. The SMILES string of the molecule is C=CCC[C@H](CN(C)Cc1cccnc1)Oc1nccc(C)n1. The van der Waals surface area contributed by atoms with Crippen LogP contribution < -0.4 is 4.74 Å². The van der Waals surface area contributed by atoms with Crippen molar-refractivity contribution in [1.82, 2.24) is 19.9 Å². The largest absolute Gasteiger partial charge is 0.459 e. The highest BCUT2D eigenvalue weighted by molar-refractivity contribution is 5.08. The molecule has 5 heteroatoms. The van der Waals surface area contributed by atoms with Crippen molar-refractivity contribution in [2.45, 2.75) is 32.4 Å². The van der Waals surface area contributed by atoms with Gasteiger partial charge in [0, 0.05) is 37.4 Å². The van der Waals surface area contributed by atoms with E-state index in [1.54, 1.807) is 12.4 Å². The maximum Gasteiger partial charge on any atom is 0.316 e. The Balaban J connectivity index is 1.95. The number of aryl methyl sites for hydroxylation is 1. The van der Waals surface area contributed by atoms with Gasteiger partial charge in [-0.15, -0.1) is 6.58 Å². The molecule has 122 valence electrons. The van der Waals surface area contributed by atoms with Crippen LogP contribution in [-0.4, -0.2) is 39.5 Å². The molecule has 0 aliphatic carbocycles. The molecular weight excluding hydrogens is 288 g/mol. The predicted molar refractivity (Wildman–Crippen MR) is 91.2 cm³/mol. The Morgan fingerprint density at radius 1 is 1.35 bits per heavy atom. The third-order valence-electron chi connectivity index (χ3n) is 3.43. The van der Waals surface area contributed by atoms with E-state index in [1.807, 2.05) is 31.3 Å². The minimum absolute atomic E-state index is 0.0245. The van der Waals surface area contributed by atoms with Gasteiger partial charge < -0.3 is 4.74 Å². The van der Waals surface area contributed by atoms with Crippen molar-refractivity contribution in [3.63, 3.8) is 0 Å². The summed E-state index contributed by atoms with van der Waals surface area (Å²) in [7, 11) is 2.08. The van der Waals surface area contributed by atoms with Gasteiger partial charge in [-0.3, -0.25) is 9.88 Å². The van der Waals surface area contributed by atoms with Gasteiger partial charge in [0.1, 0.15) is 6.10 Å². The average molecular weight is 312 g/mol. The van der Waals surface area contributed by atoms with Gasteiger partial charge in [-0.2, -0.15) is 0 Å². The van der Waals surface area contributed by atoms with Gasteiger partial charge in [-0.1, -0.05) is 12.1 Å². The molecule has 0 N–H and O–H groups in total. The van der Waals surface area contributed by atoms with E-state index in [4.69, 9.17) is 4.74 Å². The van der Waals surface area contributed by atoms with Gasteiger partial charge in [0.25, 0.3) is 0 Å². The summed E-state index contributed by atoms with van der Waals surface area (Å²) in [5.74, 6) is 0. The van der Waals surface area contributed by atoms with Crippen molar-refractivity contribution in [3.05, 3.63) is 60.7 Å². The van der Waals surface area contributed by atoms with E-state index in [0.29, 0.717) is 6.01 Å². The maximum absolute atomic E-state index is 5.98. The fraction of sp³-hybridized carbons (Fsp3) is 0.389. The lowest BCUT2D eigenvalue weighted by Crippen LogP contribution is -2.33. The molecule has 0 bridgehead atoms. The Kier molecular flexibility index (Phi) is 6.69. The zero-order valence-electron chi connectivity index (χ0n) is 13.9. The summed E-state index contributed by atoms with van der Waals surface area (Å²) in [4.78, 5) is 14.9. The Morgan fingerprint density at radius 2 is 2.22 bits per heavy atom. The van der Waals surface area contributed by atoms with Crippen molar-refractivity contribution in [1.29, 1.82) is 0 Å². The molecule has 0 saturated carbocycles. The van der Waals surface area contributed by atoms with Crippen molar-refractivity contribution >= 4 is 0 Å². The predicted octanol–water partition coefficient (Wildman–Crippen LogP) is 3.03. The third-order valence-corrected chi connectivity index (χ3v) is 3.43. The van der Waals surface area contributed by atoms with E-state index in [-0.39, 0.29) is 6.10 Å². The minimum Gasteiger partial charge on any atom is -0.459 e. The van der Waals surface area contributed by atoms with Crippen molar-refractivity contribution in [2.24, 2.45) is 0 Å². The zero-order valence-corrected chi connectivity index (χ0v) is 13.9. The highest BCUT2D eigenvalue weighted by Gasteiger charge is 2.15. The van der Waals surface area contributed by atoms with E-state index >= 15 is 0 Å². The summed E-state index contributed by atoms with van der Waals surface area (Å²) in [5.41, 5.74) is 2.09. The smallest absolute Gasteiger partial charge is 0.316 e. The van der Waals surface area contributed by atoms with E-state index in [2.05, 4.69) is 39.5 Å². The molecule has 2 aromatic rings. The molecule has 0 saturated heterocycles. The van der Waals surface area contributed by atoms with Gasteiger partial charge in [-0.05, 0) is 44.5 Å². The number of aromatic nitrogens is 3. The van der Waals surface area contributed by atoms with Crippen molar-refractivity contribution in [2.75, 3.05) is 13.6 Å². The van der Waals surface area contributed by atoms with Gasteiger partial charge >= 0.3 is 6.01 Å². The second-order valence-corrected chi connectivity index (χ2v) is 5.64. The van der Waals surface area contributed by atoms with Crippen LogP contribution in [0.25, 0.3) is 0 Å². The first-order valence-electron chi connectivity index (χ1n) is 7.82. The number of pyridine rings is 1. The summed E-state index contributed by atoms with van der Waals surface area (Å²) in [5, 5.41) is 0. The number of ether oxygens (including phenoxy) is 1. The molecule has 1 atom stereocenters. The van der Waals surface area contributed by atoms with Crippen LogP contribution in [0.1, 0.15) is 24.1 Å². The summed E-state index contributed by atoms with van der Waals surface area (Å²) >= 11 is 0. The molecular formula is C18H24N4O. The van der Waals surface area contributed by atoms with Crippen LogP contribution in [0.5, 0.6) is 6.01 Å². The summed E-state index contributed by atoms with van der Waals surface area (Å²) < 4.78 is 5.98. The zero-order chi connectivity index (χ0) is 16.5. The number of rotatable bonds is 9. The third kappa shape index (κ3) is 6.16. The van der Waals surface area contributed by atoms with E-state index in [9.17, 15) is 0 Å². The second kappa shape index (κ2) is 9.00. The standard InChI is InChI=1S/C18H24N4O/c1-4-5-8-17(23-18-20-11-9-15(2)21-18)14-22(3)13-16-7-6-10-19-12-16/h4,6-7,9-12,17H,1,5,8,13-14H2,2-3H3/t17-/m1/s1. The van der Waals surface area contributed by atoms with Crippen molar-refractivity contribution < 1.29 is 4.74 Å². The fourth-order valence-electron chi connectivity index (χ4n) is 2.34. The first kappa shape index (κ1) is 17.1. The fourth-order valence-corrected chi connectivity index (χ4v) is 2.34. The molecule has 0 aliphatic heterocycles. The molecule has 0 aliphatic rings. The van der Waals surface area contributed by atoms with Gasteiger partial charge in [0.2, 0.25) is 0 Å². The molecule has 0 radical (unpaired) electrons. The van der Waals surface area contributed by atoms with Crippen LogP contribution in [0.15, 0.2) is 49.4 Å². The number of nitrogens with zero attached hydrogens (tertiary/aromatic N) is 4. The lowest BCUT2D eigenvalue weighted by molar-refractivity contribution is 0.126. The normalized spacial score (nSPS) is 12.1. The van der Waals surface area contributed by atoms with Gasteiger partial charge in [0.15, 0.2) is 0 Å². The summed E-state index contributed by atoms with van der Waals surface area (Å²) in [6.07, 6.45) is 9.12. The molecule has 0 spiro atoms. The van der Waals surface area contributed by atoms with Crippen molar-refractivity contribution in [3.8, 4) is 6.01 Å². The monoisotopic (exact) mass is 312 g/mol.